The van der Waals surface area contributed by atoms with Gasteiger partial charge in [-0.05, 0) is 48.7 Å². The Morgan fingerprint density at radius 2 is 1.95 bits per heavy atom. The smallest absolute Gasteiger partial charge is 0.163 e. The quantitative estimate of drug-likeness (QED) is 0.740. The van der Waals surface area contributed by atoms with E-state index in [2.05, 4.69) is 0 Å². The zero-order valence-corrected chi connectivity index (χ0v) is 13.7. The lowest BCUT2D eigenvalue weighted by atomic mass is 9.78. The molecule has 0 aromatic heterocycles. The summed E-state index contributed by atoms with van der Waals surface area (Å²) in [5.41, 5.74) is 2.89. The standard InChI is InChI=1S/C18H16Cl2O2/c1-2-22-12-4-5-14-13(6-8-18(21)15(14)10-12)11-3-7-16(19)17(20)9-11/h3-5,7,9-10,13H,2,6,8H2,1H3/t13-/m0/s1. The summed E-state index contributed by atoms with van der Waals surface area (Å²) in [6.45, 7) is 2.52. The lowest BCUT2D eigenvalue weighted by Crippen LogP contribution is -2.16. The number of Topliss-reactive ketones (excluding diaryl/α,β-unsaturated/α-hetero) is 1. The van der Waals surface area contributed by atoms with Gasteiger partial charge in [-0.1, -0.05) is 35.3 Å². The molecule has 0 unspecified atom stereocenters. The van der Waals surface area contributed by atoms with E-state index in [-0.39, 0.29) is 11.7 Å². The molecule has 0 fully saturated rings. The number of ether oxygens (including phenoxy) is 1. The molecule has 4 heteroatoms. The molecule has 2 aromatic rings. The van der Waals surface area contributed by atoms with Gasteiger partial charge in [-0.2, -0.15) is 0 Å². The molecule has 0 saturated heterocycles. The number of halogens is 2. The van der Waals surface area contributed by atoms with E-state index in [1.165, 1.54) is 0 Å². The Bertz CT molecular complexity index is 725. The highest BCUT2D eigenvalue weighted by Gasteiger charge is 2.27. The first kappa shape index (κ1) is 15.4. The van der Waals surface area contributed by atoms with Gasteiger partial charge < -0.3 is 4.74 Å². The highest BCUT2D eigenvalue weighted by molar-refractivity contribution is 6.42. The number of carbonyl (C=O) groups excluding carboxylic acids is 1. The Hall–Kier alpha value is -1.51. The Morgan fingerprint density at radius 1 is 1.14 bits per heavy atom. The van der Waals surface area contributed by atoms with Crippen LogP contribution >= 0.6 is 23.2 Å². The van der Waals surface area contributed by atoms with Crippen LogP contribution in [-0.4, -0.2) is 12.4 Å². The monoisotopic (exact) mass is 334 g/mol. The Balaban J connectivity index is 2.04. The summed E-state index contributed by atoms with van der Waals surface area (Å²) < 4.78 is 5.51. The molecule has 0 radical (unpaired) electrons. The molecular formula is C18H16Cl2O2. The van der Waals surface area contributed by atoms with Gasteiger partial charge in [0.1, 0.15) is 5.75 Å². The van der Waals surface area contributed by atoms with E-state index in [9.17, 15) is 4.79 Å². The summed E-state index contributed by atoms with van der Waals surface area (Å²) in [6, 6.07) is 11.4. The van der Waals surface area contributed by atoms with E-state index < -0.39 is 0 Å². The Labute approximate surface area is 140 Å². The number of carbonyl (C=O) groups is 1. The normalized spacial score (nSPS) is 17.2. The minimum Gasteiger partial charge on any atom is -0.494 e. The summed E-state index contributed by atoms with van der Waals surface area (Å²) in [5, 5.41) is 1.09. The zero-order valence-electron chi connectivity index (χ0n) is 12.2. The lowest BCUT2D eigenvalue weighted by molar-refractivity contribution is 0.0969. The molecule has 0 aliphatic heterocycles. The maximum atomic E-state index is 12.2. The summed E-state index contributed by atoms with van der Waals surface area (Å²) >= 11 is 12.1. The fourth-order valence-electron chi connectivity index (χ4n) is 2.98. The molecule has 114 valence electrons. The van der Waals surface area contributed by atoms with Crippen LogP contribution in [0.15, 0.2) is 36.4 Å². The minimum absolute atomic E-state index is 0.165. The van der Waals surface area contributed by atoms with Crippen LogP contribution in [0.2, 0.25) is 10.0 Å². The van der Waals surface area contributed by atoms with E-state index in [1.807, 2.05) is 43.3 Å². The van der Waals surface area contributed by atoms with Crippen LogP contribution in [0.5, 0.6) is 5.75 Å². The van der Waals surface area contributed by atoms with Crippen molar-refractivity contribution in [2.75, 3.05) is 6.61 Å². The molecule has 0 spiro atoms. The minimum atomic E-state index is 0.165. The van der Waals surface area contributed by atoms with E-state index in [0.29, 0.717) is 23.1 Å². The molecule has 0 bridgehead atoms. The molecule has 0 heterocycles. The molecule has 2 nitrogen and oxygen atoms in total. The fraction of sp³-hybridized carbons (Fsp3) is 0.278. The number of hydrogen-bond donors (Lipinski definition) is 0. The van der Waals surface area contributed by atoms with Crippen molar-refractivity contribution in [3.63, 3.8) is 0 Å². The van der Waals surface area contributed by atoms with E-state index in [0.717, 1.165) is 28.9 Å². The molecule has 3 rings (SSSR count). The van der Waals surface area contributed by atoms with Gasteiger partial charge >= 0.3 is 0 Å². The van der Waals surface area contributed by atoms with Gasteiger partial charge in [-0.15, -0.1) is 0 Å². The molecule has 0 amide bonds. The second-order valence-electron chi connectivity index (χ2n) is 5.37. The fourth-order valence-corrected chi connectivity index (χ4v) is 3.28. The van der Waals surface area contributed by atoms with Crippen LogP contribution in [0, 0.1) is 0 Å². The number of hydrogen-bond acceptors (Lipinski definition) is 2. The average Bonchev–Trinajstić information content (AvgIpc) is 2.51. The summed E-state index contributed by atoms with van der Waals surface area (Å²) in [6.07, 6.45) is 1.32. The van der Waals surface area contributed by atoms with Crippen molar-refractivity contribution in [3.8, 4) is 5.75 Å². The van der Waals surface area contributed by atoms with Gasteiger partial charge in [-0.3, -0.25) is 4.79 Å². The van der Waals surface area contributed by atoms with Crippen LogP contribution in [0.3, 0.4) is 0 Å². The van der Waals surface area contributed by atoms with Crippen molar-refractivity contribution in [3.05, 3.63) is 63.1 Å². The van der Waals surface area contributed by atoms with Crippen molar-refractivity contribution in [1.29, 1.82) is 0 Å². The van der Waals surface area contributed by atoms with Gasteiger partial charge in [-0.25, -0.2) is 0 Å². The zero-order chi connectivity index (χ0) is 15.7. The Kier molecular flexibility index (Phi) is 4.42. The van der Waals surface area contributed by atoms with Gasteiger partial charge in [0.25, 0.3) is 0 Å². The number of rotatable bonds is 3. The molecule has 0 saturated carbocycles. The van der Waals surface area contributed by atoms with Crippen molar-refractivity contribution in [1.82, 2.24) is 0 Å². The van der Waals surface area contributed by atoms with Crippen molar-refractivity contribution in [2.45, 2.75) is 25.7 Å². The van der Waals surface area contributed by atoms with Gasteiger partial charge in [0, 0.05) is 17.9 Å². The van der Waals surface area contributed by atoms with Crippen molar-refractivity contribution >= 4 is 29.0 Å². The molecular weight excluding hydrogens is 319 g/mol. The third kappa shape index (κ3) is 2.86. The first-order valence-electron chi connectivity index (χ1n) is 7.35. The van der Waals surface area contributed by atoms with Crippen LogP contribution < -0.4 is 4.74 Å². The predicted octanol–water partition coefficient (Wildman–Crippen LogP) is 5.50. The van der Waals surface area contributed by atoms with Crippen molar-refractivity contribution in [2.24, 2.45) is 0 Å². The second kappa shape index (κ2) is 6.31. The van der Waals surface area contributed by atoms with Crippen LogP contribution in [0.1, 0.15) is 47.2 Å². The second-order valence-corrected chi connectivity index (χ2v) is 6.18. The number of benzene rings is 2. The highest BCUT2D eigenvalue weighted by Crippen LogP contribution is 2.39. The summed E-state index contributed by atoms with van der Waals surface area (Å²) in [4.78, 5) is 12.2. The van der Waals surface area contributed by atoms with E-state index >= 15 is 0 Å². The van der Waals surface area contributed by atoms with E-state index in [4.69, 9.17) is 27.9 Å². The molecule has 1 atom stereocenters. The van der Waals surface area contributed by atoms with Crippen LogP contribution in [0.4, 0.5) is 0 Å². The molecule has 22 heavy (non-hydrogen) atoms. The molecule has 2 aromatic carbocycles. The topological polar surface area (TPSA) is 26.3 Å². The predicted molar refractivity (Wildman–Crippen MR) is 89.5 cm³/mol. The first-order valence-corrected chi connectivity index (χ1v) is 8.10. The maximum absolute atomic E-state index is 12.2. The first-order chi connectivity index (χ1) is 10.6. The van der Waals surface area contributed by atoms with E-state index in [1.54, 1.807) is 0 Å². The molecule has 1 aliphatic carbocycles. The van der Waals surface area contributed by atoms with Crippen LogP contribution in [-0.2, 0) is 0 Å². The molecule has 1 aliphatic rings. The number of ketones is 1. The highest BCUT2D eigenvalue weighted by atomic mass is 35.5. The van der Waals surface area contributed by atoms with Crippen molar-refractivity contribution < 1.29 is 9.53 Å². The third-order valence-electron chi connectivity index (χ3n) is 4.02. The SMILES string of the molecule is CCOc1ccc2c(c1)C(=O)CC[C@H]2c1ccc(Cl)c(Cl)c1. The molecule has 0 N–H and O–H groups in total. The van der Waals surface area contributed by atoms with Crippen LogP contribution in [0.25, 0.3) is 0 Å². The third-order valence-corrected chi connectivity index (χ3v) is 4.76. The summed E-state index contributed by atoms with van der Waals surface area (Å²) in [5.74, 6) is 1.08. The number of fused-ring (bicyclic) bond motifs is 1. The van der Waals surface area contributed by atoms with Gasteiger partial charge in [0.05, 0.1) is 16.7 Å². The summed E-state index contributed by atoms with van der Waals surface area (Å²) in [7, 11) is 0. The Morgan fingerprint density at radius 3 is 2.68 bits per heavy atom. The average molecular weight is 335 g/mol. The lowest BCUT2D eigenvalue weighted by Gasteiger charge is -2.26. The van der Waals surface area contributed by atoms with Gasteiger partial charge in [0.2, 0.25) is 0 Å². The maximum Gasteiger partial charge on any atom is 0.163 e. The van der Waals surface area contributed by atoms with Gasteiger partial charge in [0.15, 0.2) is 5.78 Å². The largest absolute Gasteiger partial charge is 0.494 e.